The maximum absolute atomic E-state index is 12.0. The fourth-order valence-electron chi connectivity index (χ4n) is 2.45. The first-order valence-electron chi connectivity index (χ1n) is 6.06. The van der Waals surface area contributed by atoms with E-state index in [0.717, 1.165) is 23.5 Å². The third kappa shape index (κ3) is 1.45. The molecule has 0 fully saturated rings. The number of hydrogen-bond donors (Lipinski definition) is 0. The Morgan fingerprint density at radius 2 is 2.22 bits per heavy atom. The average molecular weight is 242 g/mol. The number of nitrogens with zero attached hydrogens (tertiary/aromatic N) is 2. The number of esters is 1. The molecular weight excluding hydrogens is 228 g/mol. The van der Waals surface area contributed by atoms with Crippen molar-refractivity contribution < 1.29 is 9.53 Å². The lowest BCUT2D eigenvalue weighted by Crippen LogP contribution is -2.08. The normalized spacial score (nSPS) is 12.1. The number of hydrogen-bond acceptors (Lipinski definition) is 3. The van der Waals surface area contributed by atoms with Gasteiger partial charge in [0.25, 0.3) is 0 Å². The Kier molecular flexibility index (Phi) is 2.44. The highest BCUT2D eigenvalue weighted by Crippen LogP contribution is 2.30. The lowest BCUT2D eigenvalue weighted by molar-refractivity contribution is 0.0524. The molecule has 3 rings (SSSR count). The lowest BCUT2D eigenvalue weighted by Gasteiger charge is -2.01. The number of carbonyl (C=O) groups is 1. The smallest absolute Gasteiger partial charge is 0.341 e. The molecule has 0 N–H and O–H groups in total. The number of aromatic nitrogens is 2. The summed E-state index contributed by atoms with van der Waals surface area (Å²) >= 11 is 0. The van der Waals surface area contributed by atoms with E-state index < -0.39 is 0 Å². The first-order valence-corrected chi connectivity index (χ1v) is 6.06. The highest BCUT2D eigenvalue weighted by molar-refractivity contribution is 5.92. The van der Waals surface area contributed by atoms with Crippen LogP contribution in [0.15, 0.2) is 24.3 Å². The minimum atomic E-state index is -0.274. The van der Waals surface area contributed by atoms with E-state index >= 15 is 0 Å². The van der Waals surface area contributed by atoms with Gasteiger partial charge in [0.2, 0.25) is 0 Å². The van der Waals surface area contributed by atoms with Crippen LogP contribution in [0.3, 0.4) is 0 Å². The van der Waals surface area contributed by atoms with E-state index in [1.54, 1.807) is 0 Å². The van der Waals surface area contributed by atoms with Crippen LogP contribution >= 0.6 is 0 Å². The summed E-state index contributed by atoms with van der Waals surface area (Å²) in [5, 5.41) is 4.45. The molecule has 1 aliphatic heterocycles. The van der Waals surface area contributed by atoms with Crippen LogP contribution in [0.4, 0.5) is 0 Å². The van der Waals surface area contributed by atoms with Crippen LogP contribution < -0.4 is 0 Å². The lowest BCUT2D eigenvalue weighted by atomic mass is 10.1. The van der Waals surface area contributed by atoms with Crippen LogP contribution in [0.1, 0.15) is 34.2 Å². The van der Waals surface area contributed by atoms with Gasteiger partial charge < -0.3 is 4.74 Å². The Labute approximate surface area is 105 Å². The van der Waals surface area contributed by atoms with Crippen molar-refractivity contribution in [3.63, 3.8) is 0 Å². The molecular formula is C14H14N2O2. The number of aryl methyl sites for hydroxylation is 1. The fraction of sp³-hybridized carbons (Fsp3) is 0.286. The first kappa shape index (κ1) is 11.0. The van der Waals surface area contributed by atoms with Crippen molar-refractivity contribution in [2.24, 2.45) is 0 Å². The molecule has 0 amide bonds. The Balaban J connectivity index is 2.12. The molecule has 0 atom stereocenters. The quantitative estimate of drug-likeness (QED) is 0.647. The molecule has 2 aromatic rings. The zero-order valence-corrected chi connectivity index (χ0v) is 10.4. The Hall–Kier alpha value is -2.10. The zero-order chi connectivity index (χ0) is 12.7. The van der Waals surface area contributed by atoms with Gasteiger partial charge in [0, 0.05) is 6.42 Å². The van der Waals surface area contributed by atoms with E-state index in [1.165, 1.54) is 5.56 Å². The van der Waals surface area contributed by atoms with Crippen LogP contribution in [0.2, 0.25) is 0 Å². The van der Waals surface area contributed by atoms with E-state index in [1.807, 2.05) is 36.7 Å². The topological polar surface area (TPSA) is 44.1 Å². The van der Waals surface area contributed by atoms with Crippen molar-refractivity contribution in [1.82, 2.24) is 9.78 Å². The van der Waals surface area contributed by atoms with Crippen molar-refractivity contribution in [2.75, 3.05) is 6.61 Å². The van der Waals surface area contributed by atoms with Crippen molar-refractivity contribution in [1.29, 1.82) is 0 Å². The number of carbonyl (C=O) groups excluding carboxylic acids is 1. The van der Waals surface area contributed by atoms with Gasteiger partial charge in [-0.1, -0.05) is 18.2 Å². The summed E-state index contributed by atoms with van der Waals surface area (Å²) in [4.78, 5) is 12.0. The molecule has 2 heterocycles. The van der Waals surface area contributed by atoms with Crippen molar-refractivity contribution >= 4 is 5.97 Å². The van der Waals surface area contributed by atoms with Gasteiger partial charge in [-0.15, -0.1) is 0 Å². The van der Waals surface area contributed by atoms with Crippen molar-refractivity contribution in [3.05, 3.63) is 46.8 Å². The van der Waals surface area contributed by atoms with Gasteiger partial charge in [0.05, 0.1) is 23.7 Å². The van der Waals surface area contributed by atoms with Gasteiger partial charge in [0.1, 0.15) is 5.56 Å². The molecule has 0 unspecified atom stereocenters. The molecule has 4 nitrogen and oxygen atoms in total. The van der Waals surface area contributed by atoms with E-state index in [0.29, 0.717) is 12.2 Å². The molecule has 0 aliphatic carbocycles. The summed E-state index contributed by atoms with van der Waals surface area (Å²) < 4.78 is 6.96. The predicted octanol–water partition coefficient (Wildman–Crippen LogP) is 2.26. The third-order valence-corrected chi connectivity index (χ3v) is 3.21. The van der Waals surface area contributed by atoms with Gasteiger partial charge >= 0.3 is 5.97 Å². The van der Waals surface area contributed by atoms with E-state index in [9.17, 15) is 4.79 Å². The molecule has 92 valence electrons. The van der Waals surface area contributed by atoms with Gasteiger partial charge in [-0.25, -0.2) is 9.48 Å². The maximum Gasteiger partial charge on any atom is 0.341 e. The molecule has 4 heteroatoms. The van der Waals surface area contributed by atoms with Gasteiger partial charge in [-0.2, -0.15) is 5.10 Å². The summed E-state index contributed by atoms with van der Waals surface area (Å²) in [7, 11) is 0. The van der Waals surface area contributed by atoms with Crippen LogP contribution in [0, 0.1) is 6.92 Å². The minimum absolute atomic E-state index is 0.274. The third-order valence-electron chi connectivity index (χ3n) is 3.21. The first-order chi connectivity index (χ1) is 8.72. The fourth-order valence-corrected chi connectivity index (χ4v) is 2.45. The van der Waals surface area contributed by atoms with Crippen LogP contribution in [-0.4, -0.2) is 22.4 Å². The van der Waals surface area contributed by atoms with Crippen LogP contribution in [0.5, 0.6) is 0 Å². The van der Waals surface area contributed by atoms with Crippen LogP contribution in [-0.2, 0) is 11.2 Å². The minimum Gasteiger partial charge on any atom is -0.462 e. The molecule has 1 aromatic carbocycles. The van der Waals surface area contributed by atoms with E-state index in [2.05, 4.69) is 11.2 Å². The second-order valence-corrected chi connectivity index (χ2v) is 4.34. The maximum atomic E-state index is 12.0. The molecule has 1 aromatic heterocycles. The molecule has 0 saturated carbocycles. The highest BCUT2D eigenvalue weighted by atomic mass is 16.5. The van der Waals surface area contributed by atoms with E-state index in [-0.39, 0.29) is 5.97 Å². The summed E-state index contributed by atoms with van der Waals surface area (Å²) in [5.41, 5.74) is 4.55. The van der Waals surface area contributed by atoms with Gasteiger partial charge in [0.15, 0.2) is 0 Å². The van der Waals surface area contributed by atoms with Crippen LogP contribution in [0.25, 0.3) is 5.69 Å². The molecule has 0 bridgehead atoms. The van der Waals surface area contributed by atoms with E-state index in [4.69, 9.17) is 4.74 Å². The summed E-state index contributed by atoms with van der Waals surface area (Å²) in [6.07, 6.45) is 0.741. The second-order valence-electron chi connectivity index (χ2n) is 4.34. The summed E-state index contributed by atoms with van der Waals surface area (Å²) in [5.74, 6) is -0.274. The number of benzene rings is 1. The molecule has 0 spiro atoms. The molecule has 0 saturated heterocycles. The second kappa shape index (κ2) is 3.98. The number of rotatable bonds is 2. The van der Waals surface area contributed by atoms with Crippen molar-refractivity contribution in [3.8, 4) is 5.69 Å². The van der Waals surface area contributed by atoms with Gasteiger partial charge in [-0.3, -0.25) is 0 Å². The molecule has 0 radical (unpaired) electrons. The van der Waals surface area contributed by atoms with Crippen molar-refractivity contribution in [2.45, 2.75) is 20.3 Å². The summed E-state index contributed by atoms with van der Waals surface area (Å²) in [6, 6.07) is 8.07. The SMILES string of the molecule is CCOC(=O)c1c(C)nn2c1Cc1ccccc1-2. The number of ether oxygens (including phenoxy) is 1. The largest absolute Gasteiger partial charge is 0.462 e. The Bertz CT molecular complexity index is 629. The Morgan fingerprint density at radius 3 is 3.00 bits per heavy atom. The number of para-hydroxylation sites is 1. The van der Waals surface area contributed by atoms with Gasteiger partial charge in [-0.05, 0) is 25.5 Å². The zero-order valence-electron chi connectivity index (χ0n) is 10.4. The Morgan fingerprint density at radius 1 is 1.44 bits per heavy atom. The number of fused-ring (bicyclic) bond motifs is 3. The monoisotopic (exact) mass is 242 g/mol. The molecule has 18 heavy (non-hydrogen) atoms. The predicted molar refractivity (Wildman–Crippen MR) is 67.1 cm³/mol. The summed E-state index contributed by atoms with van der Waals surface area (Å²) in [6.45, 7) is 4.04. The average Bonchev–Trinajstić information content (AvgIpc) is 2.84. The highest BCUT2D eigenvalue weighted by Gasteiger charge is 2.28. The standard InChI is InChI=1S/C14H14N2O2/c1-3-18-14(17)13-9(2)15-16-11-7-5-4-6-10(11)8-12(13)16/h4-7H,3,8H2,1-2H3. The molecule has 1 aliphatic rings.